The van der Waals surface area contributed by atoms with Crippen LogP contribution in [0.2, 0.25) is 0 Å². The fraction of sp³-hybridized carbons (Fsp3) is 0.652. The first-order valence-electron chi connectivity index (χ1n) is 11.0. The molecule has 1 aromatic rings. The molecule has 5 nitrogen and oxygen atoms in total. The second kappa shape index (κ2) is 7.38. The molecule has 2 amide bonds. The van der Waals surface area contributed by atoms with Gasteiger partial charge in [0.05, 0.1) is 13.2 Å². The van der Waals surface area contributed by atoms with Gasteiger partial charge in [-0.1, -0.05) is 0 Å². The van der Waals surface area contributed by atoms with E-state index in [9.17, 15) is 14.0 Å². The van der Waals surface area contributed by atoms with Gasteiger partial charge in [0, 0.05) is 24.1 Å². The van der Waals surface area contributed by atoms with E-state index in [1.54, 1.807) is 0 Å². The third kappa shape index (κ3) is 3.56. The third-order valence-electron chi connectivity index (χ3n) is 7.65. The zero-order valence-corrected chi connectivity index (χ0v) is 16.7. The van der Waals surface area contributed by atoms with Gasteiger partial charge in [-0.3, -0.25) is 9.59 Å². The molecule has 29 heavy (non-hydrogen) atoms. The fourth-order valence-electron chi connectivity index (χ4n) is 6.79. The monoisotopic (exact) mass is 400 g/mol. The molecule has 6 heteroatoms. The van der Waals surface area contributed by atoms with Gasteiger partial charge in [-0.05, 0) is 80.5 Å². The van der Waals surface area contributed by atoms with E-state index in [2.05, 4.69) is 5.32 Å². The summed E-state index contributed by atoms with van der Waals surface area (Å²) in [5.74, 6) is 1.43. The predicted octanol–water partition coefficient (Wildman–Crippen LogP) is 3.00. The maximum atomic E-state index is 13.6. The van der Waals surface area contributed by atoms with E-state index < -0.39 is 6.04 Å². The first kappa shape index (κ1) is 19.0. The number of carbonyl (C=O) groups is 2. The van der Waals surface area contributed by atoms with Crippen LogP contribution in [-0.4, -0.2) is 49.1 Å². The third-order valence-corrected chi connectivity index (χ3v) is 7.65. The smallest absolute Gasteiger partial charge is 0.251 e. The minimum atomic E-state index is -0.508. The van der Waals surface area contributed by atoms with E-state index >= 15 is 0 Å². The van der Waals surface area contributed by atoms with Gasteiger partial charge in [0.1, 0.15) is 11.9 Å². The summed E-state index contributed by atoms with van der Waals surface area (Å²) >= 11 is 0. The highest BCUT2D eigenvalue weighted by atomic mass is 19.1. The molecule has 0 radical (unpaired) electrons. The zero-order chi connectivity index (χ0) is 20.0. The molecule has 4 bridgehead atoms. The molecule has 6 rings (SSSR count). The molecule has 1 atom stereocenters. The number of hydrogen-bond donors (Lipinski definition) is 1. The first-order chi connectivity index (χ1) is 14.0. The standard InChI is InChI=1S/C23H29FN2O3/c24-19-3-1-18(2-4-19)21(27)25-20(22(28)26-5-7-29-8-6-26)23-12-15-9-16(13-23)11-17(10-15)14-23/h1-4,15-17,20H,5-14H2,(H,25,27)/t15?,16?,17?,20-,23?/m0/s1. The van der Waals surface area contributed by atoms with Crippen molar-refractivity contribution in [3.8, 4) is 0 Å². The summed E-state index contributed by atoms with van der Waals surface area (Å²) in [6.07, 6.45) is 6.94. The van der Waals surface area contributed by atoms with Gasteiger partial charge in [0.15, 0.2) is 0 Å². The van der Waals surface area contributed by atoms with E-state index in [0.29, 0.717) is 49.6 Å². The minimum absolute atomic E-state index is 0.0331. The van der Waals surface area contributed by atoms with Crippen LogP contribution in [0.5, 0.6) is 0 Å². The van der Waals surface area contributed by atoms with Crippen LogP contribution in [0.3, 0.4) is 0 Å². The van der Waals surface area contributed by atoms with Crippen molar-refractivity contribution in [3.63, 3.8) is 0 Å². The molecule has 4 aliphatic carbocycles. The highest BCUT2D eigenvalue weighted by Crippen LogP contribution is 2.61. The lowest BCUT2D eigenvalue weighted by atomic mass is 9.47. The van der Waals surface area contributed by atoms with Crippen molar-refractivity contribution >= 4 is 11.8 Å². The van der Waals surface area contributed by atoms with Gasteiger partial charge in [0.2, 0.25) is 5.91 Å². The molecule has 1 aromatic carbocycles. The van der Waals surface area contributed by atoms with Crippen molar-refractivity contribution in [2.24, 2.45) is 23.2 Å². The van der Waals surface area contributed by atoms with Crippen LogP contribution in [0.4, 0.5) is 4.39 Å². The maximum absolute atomic E-state index is 13.6. The number of ether oxygens (including phenoxy) is 1. The Hall–Kier alpha value is -1.95. The molecule has 5 fully saturated rings. The molecule has 0 spiro atoms. The van der Waals surface area contributed by atoms with Crippen LogP contribution in [0.1, 0.15) is 48.9 Å². The highest BCUT2D eigenvalue weighted by molar-refractivity contribution is 5.97. The number of halogens is 1. The zero-order valence-electron chi connectivity index (χ0n) is 16.7. The summed E-state index contributed by atoms with van der Waals surface area (Å²) in [5, 5.41) is 3.11. The van der Waals surface area contributed by atoms with Crippen molar-refractivity contribution in [1.82, 2.24) is 10.2 Å². The SMILES string of the molecule is O=C(N[C@@H](C(=O)N1CCOCC1)C12CC3CC(CC(C3)C1)C2)c1ccc(F)cc1. The number of nitrogens with one attached hydrogen (secondary N) is 1. The van der Waals surface area contributed by atoms with Gasteiger partial charge in [-0.15, -0.1) is 0 Å². The van der Waals surface area contributed by atoms with E-state index in [-0.39, 0.29) is 23.0 Å². The Labute approximate surface area is 171 Å². The van der Waals surface area contributed by atoms with Crippen LogP contribution in [0.25, 0.3) is 0 Å². The second-order valence-electron chi connectivity index (χ2n) is 9.63. The summed E-state index contributed by atoms with van der Waals surface area (Å²) in [5.41, 5.74) is 0.260. The largest absolute Gasteiger partial charge is 0.378 e. The molecular formula is C23H29FN2O3. The van der Waals surface area contributed by atoms with Gasteiger partial charge in [-0.2, -0.15) is 0 Å². The first-order valence-corrected chi connectivity index (χ1v) is 11.0. The van der Waals surface area contributed by atoms with Crippen LogP contribution in [-0.2, 0) is 9.53 Å². The highest BCUT2D eigenvalue weighted by Gasteiger charge is 2.57. The topological polar surface area (TPSA) is 58.6 Å². The molecule has 0 aromatic heterocycles. The van der Waals surface area contributed by atoms with Crippen LogP contribution in [0, 0.1) is 29.0 Å². The molecule has 1 heterocycles. The summed E-state index contributed by atoms with van der Waals surface area (Å²) in [7, 11) is 0. The Bertz CT molecular complexity index is 753. The molecule has 1 aliphatic heterocycles. The number of rotatable bonds is 4. The quantitative estimate of drug-likeness (QED) is 0.845. The summed E-state index contributed by atoms with van der Waals surface area (Å²) in [6.45, 7) is 2.25. The van der Waals surface area contributed by atoms with Crippen LogP contribution < -0.4 is 5.32 Å². The molecule has 156 valence electrons. The number of nitrogens with zero attached hydrogens (tertiary/aromatic N) is 1. The average Bonchev–Trinajstić information content (AvgIpc) is 2.71. The fourth-order valence-corrected chi connectivity index (χ4v) is 6.79. The van der Waals surface area contributed by atoms with Gasteiger partial charge in [0.25, 0.3) is 5.91 Å². The van der Waals surface area contributed by atoms with Crippen LogP contribution >= 0.6 is 0 Å². The Balaban J connectivity index is 1.43. The lowest BCUT2D eigenvalue weighted by molar-refractivity contribution is -0.148. The van der Waals surface area contributed by atoms with Crippen LogP contribution in [0.15, 0.2) is 24.3 Å². The lowest BCUT2D eigenvalue weighted by Crippen LogP contribution is -2.63. The number of carbonyl (C=O) groups excluding carboxylic acids is 2. The number of amides is 2. The van der Waals surface area contributed by atoms with Crippen molar-refractivity contribution in [1.29, 1.82) is 0 Å². The van der Waals surface area contributed by atoms with E-state index in [1.807, 2.05) is 4.90 Å². The van der Waals surface area contributed by atoms with Crippen molar-refractivity contribution in [2.75, 3.05) is 26.3 Å². The minimum Gasteiger partial charge on any atom is -0.378 e. The van der Waals surface area contributed by atoms with E-state index in [1.165, 1.54) is 43.5 Å². The van der Waals surface area contributed by atoms with Gasteiger partial charge < -0.3 is 15.0 Å². The summed E-state index contributed by atoms with van der Waals surface area (Å²) in [6, 6.07) is 5.05. The average molecular weight is 400 g/mol. The number of hydrogen-bond acceptors (Lipinski definition) is 3. The second-order valence-corrected chi connectivity index (χ2v) is 9.63. The molecule has 0 unspecified atom stereocenters. The molecule has 1 N–H and O–H groups in total. The predicted molar refractivity (Wildman–Crippen MR) is 106 cm³/mol. The van der Waals surface area contributed by atoms with Crippen molar-refractivity contribution in [3.05, 3.63) is 35.6 Å². The van der Waals surface area contributed by atoms with Crippen molar-refractivity contribution in [2.45, 2.75) is 44.6 Å². The van der Waals surface area contributed by atoms with Gasteiger partial charge in [-0.25, -0.2) is 4.39 Å². The lowest BCUT2D eigenvalue weighted by Gasteiger charge is -2.59. The number of benzene rings is 1. The molecule has 1 saturated heterocycles. The number of morpholine rings is 1. The van der Waals surface area contributed by atoms with Crippen molar-refractivity contribution < 1.29 is 18.7 Å². The van der Waals surface area contributed by atoms with E-state index in [4.69, 9.17) is 4.74 Å². The maximum Gasteiger partial charge on any atom is 0.251 e. The summed E-state index contributed by atoms with van der Waals surface area (Å²) < 4.78 is 18.7. The Kier molecular flexibility index (Phi) is 4.85. The molecule has 4 saturated carbocycles. The Morgan fingerprint density at radius 2 is 1.55 bits per heavy atom. The normalized spacial score (nSPS) is 34.1. The summed E-state index contributed by atoms with van der Waals surface area (Å²) in [4.78, 5) is 28.5. The van der Waals surface area contributed by atoms with E-state index in [0.717, 1.165) is 19.3 Å². The Morgan fingerprint density at radius 3 is 2.10 bits per heavy atom. The Morgan fingerprint density at radius 1 is 1.00 bits per heavy atom. The molecular weight excluding hydrogens is 371 g/mol. The van der Waals surface area contributed by atoms with Gasteiger partial charge >= 0.3 is 0 Å². The molecule has 5 aliphatic rings.